The first-order valence-electron chi connectivity index (χ1n) is 5.13. The molecule has 1 aliphatic carbocycles. The van der Waals surface area contributed by atoms with Gasteiger partial charge in [0.1, 0.15) is 0 Å². The van der Waals surface area contributed by atoms with Crippen LogP contribution in [0.25, 0.3) is 0 Å². The number of nitrogens with one attached hydrogen (secondary N) is 1. The Hall–Kier alpha value is -0.640. The van der Waals surface area contributed by atoms with E-state index < -0.39 is 0 Å². The van der Waals surface area contributed by atoms with Crippen molar-refractivity contribution in [3.8, 4) is 0 Å². The van der Waals surface area contributed by atoms with Gasteiger partial charge < -0.3 is 11.1 Å². The predicted molar refractivity (Wildman–Crippen MR) is 61.0 cm³/mol. The van der Waals surface area contributed by atoms with Gasteiger partial charge in [0.15, 0.2) is 0 Å². The van der Waals surface area contributed by atoms with Crippen LogP contribution in [0.1, 0.15) is 39.0 Å². The van der Waals surface area contributed by atoms with Crippen LogP contribution in [0.3, 0.4) is 0 Å². The van der Waals surface area contributed by atoms with Gasteiger partial charge in [0, 0.05) is 6.54 Å². The Morgan fingerprint density at radius 3 is 2.64 bits per heavy atom. The Balaban J connectivity index is 2.20. The van der Waals surface area contributed by atoms with Crippen LogP contribution in [0, 0.1) is 5.41 Å². The lowest BCUT2D eigenvalue weighted by Crippen LogP contribution is -2.32. The van der Waals surface area contributed by atoms with Crippen molar-refractivity contribution < 1.29 is 4.79 Å². The molecule has 0 aliphatic heterocycles. The van der Waals surface area contributed by atoms with Crippen LogP contribution in [0.2, 0.25) is 0 Å². The van der Waals surface area contributed by atoms with Crippen molar-refractivity contribution in [1.29, 1.82) is 0 Å². The molecule has 3 N–H and O–H groups in total. The number of hydrogen-bond donors (Lipinski definition) is 2. The summed E-state index contributed by atoms with van der Waals surface area (Å²) in [6.45, 7) is 2.97. The maximum atomic E-state index is 11.3. The van der Waals surface area contributed by atoms with Gasteiger partial charge >= 0.3 is 0 Å². The quantitative estimate of drug-likeness (QED) is 0.656. The summed E-state index contributed by atoms with van der Waals surface area (Å²) in [6, 6.07) is 0. The number of thiocarbonyl (C=S) groups is 1. The van der Waals surface area contributed by atoms with Crippen LogP contribution in [-0.4, -0.2) is 17.4 Å². The van der Waals surface area contributed by atoms with E-state index >= 15 is 0 Å². The molecule has 0 bridgehead atoms. The summed E-state index contributed by atoms with van der Waals surface area (Å²) >= 11 is 4.66. The van der Waals surface area contributed by atoms with Gasteiger partial charge in [0.25, 0.3) is 0 Å². The highest BCUT2D eigenvalue weighted by Crippen LogP contribution is 2.48. The predicted octanol–water partition coefficient (Wildman–Crippen LogP) is 1.36. The van der Waals surface area contributed by atoms with Crippen molar-refractivity contribution in [3.63, 3.8) is 0 Å². The van der Waals surface area contributed by atoms with E-state index in [1.165, 1.54) is 25.7 Å². The minimum atomic E-state index is -0.0418. The zero-order valence-corrected chi connectivity index (χ0v) is 9.45. The molecule has 0 spiro atoms. The molecule has 1 aliphatic rings. The van der Waals surface area contributed by atoms with E-state index in [9.17, 15) is 4.79 Å². The number of hydrogen-bond acceptors (Lipinski definition) is 2. The van der Waals surface area contributed by atoms with Crippen molar-refractivity contribution in [1.82, 2.24) is 5.32 Å². The van der Waals surface area contributed by atoms with E-state index in [4.69, 9.17) is 5.73 Å². The van der Waals surface area contributed by atoms with Crippen molar-refractivity contribution in [2.75, 3.05) is 6.54 Å². The minimum Gasteiger partial charge on any atom is -0.393 e. The van der Waals surface area contributed by atoms with Crippen LogP contribution in [0.5, 0.6) is 0 Å². The van der Waals surface area contributed by atoms with E-state index in [1.54, 1.807) is 0 Å². The summed E-state index contributed by atoms with van der Waals surface area (Å²) in [7, 11) is 0. The lowest BCUT2D eigenvalue weighted by molar-refractivity contribution is -0.120. The number of carbonyl (C=O) groups excluding carboxylic acids is 1. The highest BCUT2D eigenvalue weighted by molar-refractivity contribution is 7.80. The summed E-state index contributed by atoms with van der Waals surface area (Å²) in [6.07, 6.45) is 5.06. The van der Waals surface area contributed by atoms with Gasteiger partial charge in [-0.25, -0.2) is 0 Å². The first kappa shape index (κ1) is 11.4. The lowest BCUT2D eigenvalue weighted by atomic mass is 10.0. The summed E-state index contributed by atoms with van der Waals surface area (Å²) in [5.74, 6) is -0.0418. The topological polar surface area (TPSA) is 55.1 Å². The molecule has 4 heteroatoms. The van der Waals surface area contributed by atoms with Crippen LogP contribution >= 0.6 is 12.2 Å². The fourth-order valence-corrected chi connectivity index (χ4v) is 1.86. The third-order valence-electron chi connectivity index (χ3n) is 2.73. The van der Waals surface area contributed by atoms with Crippen LogP contribution in [0.15, 0.2) is 0 Å². The molecular formula is C10H18N2OS. The molecule has 0 aromatic heterocycles. The summed E-state index contributed by atoms with van der Waals surface area (Å²) in [5, 5.41) is 2.90. The van der Waals surface area contributed by atoms with Gasteiger partial charge in [0.05, 0.1) is 11.4 Å². The second kappa shape index (κ2) is 4.73. The second-order valence-corrected chi connectivity index (χ2v) is 4.69. The molecule has 80 valence electrons. The number of carbonyl (C=O) groups is 1. The first-order valence-corrected chi connectivity index (χ1v) is 5.54. The molecule has 0 aromatic carbocycles. The van der Waals surface area contributed by atoms with E-state index in [1.807, 2.05) is 0 Å². The molecule has 1 rings (SSSR count). The van der Waals surface area contributed by atoms with E-state index in [0.29, 0.717) is 5.41 Å². The summed E-state index contributed by atoms with van der Waals surface area (Å²) in [4.78, 5) is 11.5. The van der Waals surface area contributed by atoms with E-state index in [-0.39, 0.29) is 17.3 Å². The molecule has 0 aromatic rings. The average molecular weight is 214 g/mol. The third kappa shape index (κ3) is 3.62. The van der Waals surface area contributed by atoms with Gasteiger partial charge in [-0.3, -0.25) is 4.79 Å². The molecule has 0 unspecified atom stereocenters. The molecule has 0 atom stereocenters. The maximum absolute atomic E-state index is 11.3. The summed E-state index contributed by atoms with van der Waals surface area (Å²) in [5.41, 5.74) is 5.68. The van der Waals surface area contributed by atoms with Gasteiger partial charge in [-0.15, -0.1) is 0 Å². The highest BCUT2D eigenvalue weighted by Gasteiger charge is 2.41. The highest BCUT2D eigenvalue weighted by atomic mass is 32.1. The van der Waals surface area contributed by atoms with Crippen LogP contribution in [-0.2, 0) is 4.79 Å². The Morgan fingerprint density at radius 2 is 2.21 bits per heavy atom. The van der Waals surface area contributed by atoms with E-state index in [0.717, 1.165) is 6.54 Å². The van der Waals surface area contributed by atoms with Gasteiger partial charge in [0.2, 0.25) is 5.91 Å². The maximum Gasteiger partial charge on any atom is 0.226 e. The van der Waals surface area contributed by atoms with Gasteiger partial charge in [-0.1, -0.05) is 25.6 Å². The van der Waals surface area contributed by atoms with Crippen molar-refractivity contribution >= 4 is 23.1 Å². The lowest BCUT2D eigenvalue weighted by Gasteiger charge is -2.14. The second-order valence-electron chi connectivity index (χ2n) is 4.17. The molecule has 0 saturated heterocycles. The van der Waals surface area contributed by atoms with Gasteiger partial charge in [-0.2, -0.15) is 0 Å². The van der Waals surface area contributed by atoms with Crippen molar-refractivity contribution in [3.05, 3.63) is 0 Å². The zero-order valence-electron chi connectivity index (χ0n) is 8.64. The Kier molecular flexibility index (Phi) is 3.86. The third-order valence-corrected chi connectivity index (χ3v) is 2.88. The van der Waals surface area contributed by atoms with E-state index in [2.05, 4.69) is 24.5 Å². The first-order chi connectivity index (χ1) is 6.58. The van der Waals surface area contributed by atoms with Crippen molar-refractivity contribution in [2.24, 2.45) is 11.1 Å². The normalized spacial score (nSPS) is 17.5. The molecule has 1 fully saturated rings. The Bertz CT molecular complexity index is 236. The molecule has 14 heavy (non-hydrogen) atoms. The molecule has 0 heterocycles. The molecule has 1 saturated carbocycles. The molecule has 3 nitrogen and oxygen atoms in total. The monoisotopic (exact) mass is 214 g/mol. The van der Waals surface area contributed by atoms with Crippen LogP contribution < -0.4 is 11.1 Å². The molecular weight excluding hydrogens is 196 g/mol. The molecule has 0 radical (unpaired) electrons. The van der Waals surface area contributed by atoms with Crippen molar-refractivity contribution in [2.45, 2.75) is 39.0 Å². The molecule has 1 amide bonds. The summed E-state index contributed by atoms with van der Waals surface area (Å²) < 4.78 is 0. The number of rotatable bonds is 6. The Labute approximate surface area is 90.4 Å². The van der Waals surface area contributed by atoms with Crippen LogP contribution in [0.4, 0.5) is 0 Å². The fraction of sp³-hybridized carbons (Fsp3) is 0.800. The Morgan fingerprint density at radius 1 is 1.57 bits per heavy atom. The zero-order chi connectivity index (χ0) is 10.6. The average Bonchev–Trinajstić information content (AvgIpc) is 2.82. The standard InChI is InChI=1S/C10H18N2OS/c1-2-3-10(4-5-10)7-12-9(13)6-8(11)14/h2-7H2,1H3,(H2,11,14)(H,12,13). The number of amides is 1. The minimum absolute atomic E-state index is 0.0418. The largest absolute Gasteiger partial charge is 0.393 e. The smallest absolute Gasteiger partial charge is 0.226 e. The SMILES string of the molecule is CCCC1(CNC(=O)CC(N)=S)CC1. The van der Waals surface area contributed by atoms with Gasteiger partial charge in [-0.05, 0) is 24.7 Å². The number of nitrogens with two attached hydrogens (primary N) is 1. The fourth-order valence-electron chi connectivity index (χ4n) is 1.73.